The Morgan fingerprint density at radius 3 is 2.21 bits per heavy atom. The molecule has 98 valence electrons. The van der Waals surface area contributed by atoms with Gasteiger partial charge in [-0.3, -0.25) is 0 Å². The normalized spacial score (nSPS) is 10.7. The van der Waals surface area contributed by atoms with Crippen LogP contribution in [-0.2, 0) is 0 Å². The monoisotopic (exact) mass is 258 g/mol. The van der Waals surface area contributed by atoms with E-state index < -0.39 is 5.97 Å². The number of hydrogen-bond acceptors (Lipinski definition) is 5. The summed E-state index contributed by atoms with van der Waals surface area (Å²) >= 11 is 0. The molecule has 0 amide bonds. The van der Waals surface area contributed by atoms with Gasteiger partial charge in [-0.1, -0.05) is 13.8 Å². The van der Waals surface area contributed by atoms with E-state index in [0.717, 1.165) is 5.56 Å². The lowest BCUT2D eigenvalue weighted by molar-refractivity contribution is 0.0694. The summed E-state index contributed by atoms with van der Waals surface area (Å²) in [6.07, 6.45) is 4.65. The second-order valence-corrected chi connectivity index (χ2v) is 4.54. The number of hydrogen-bond donors (Lipinski definition) is 1. The van der Waals surface area contributed by atoms with Crippen LogP contribution in [0.4, 0.5) is 0 Å². The molecule has 0 aliphatic heterocycles. The summed E-state index contributed by atoms with van der Waals surface area (Å²) < 4.78 is 0. The smallest absolute Gasteiger partial charge is 0.339 e. The van der Waals surface area contributed by atoms with Crippen molar-refractivity contribution < 1.29 is 9.90 Å². The molecule has 2 heterocycles. The molecule has 2 aromatic heterocycles. The highest BCUT2D eigenvalue weighted by atomic mass is 16.4. The summed E-state index contributed by atoms with van der Waals surface area (Å²) in [7, 11) is 0. The van der Waals surface area contributed by atoms with Crippen molar-refractivity contribution in [3.05, 3.63) is 35.4 Å². The Balaban J connectivity index is 2.52. The Morgan fingerprint density at radius 2 is 1.68 bits per heavy atom. The highest BCUT2D eigenvalue weighted by molar-refractivity contribution is 5.88. The SMILES string of the molecule is Cc1cnc(-c2ncc(C(=O)O)c(C(C)C)n2)nc1. The maximum Gasteiger partial charge on any atom is 0.339 e. The summed E-state index contributed by atoms with van der Waals surface area (Å²) in [4.78, 5) is 27.7. The van der Waals surface area contributed by atoms with E-state index in [1.54, 1.807) is 12.4 Å². The van der Waals surface area contributed by atoms with Crippen molar-refractivity contribution in [2.75, 3.05) is 0 Å². The van der Waals surface area contributed by atoms with Crippen LogP contribution >= 0.6 is 0 Å². The molecular formula is C13H14N4O2. The van der Waals surface area contributed by atoms with Crippen LogP contribution in [0.1, 0.15) is 41.4 Å². The Kier molecular flexibility index (Phi) is 3.50. The largest absolute Gasteiger partial charge is 0.478 e. The van der Waals surface area contributed by atoms with Gasteiger partial charge in [0, 0.05) is 18.6 Å². The van der Waals surface area contributed by atoms with Gasteiger partial charge in [0.2, 0.25) is 0 Å². The summed E-state index contributed by atoms with van der Waals surface area (Å²) in [5.74, 6) is -0.309. The first-order valence-electron chi connectivity index (χ1n) is 5.88. The number of rotatable bonds is 3. The van der Waals surface area contributed by atoms with E-state index in [2.05, 4.69) is 19.9 Å². The standard InChI is InChI=1S/C13H14N4O2/c1-7(2)10-9(13(18)19)6-16-12(17-10)11-14-4-8(3)5-15-11/h4-7H,1-3H3,(H,18,19). The van der Waals surface area contributed by atoms with Crippen LogP contribution in [0.5, 0.6) is 0 Å². The predicted octanol–water partition coefficient (Wildman–Crippen LogP) is 2.06. The fraction of sp³-hybridized carbons (Fsp3) is 0.308. The number of carboxylic acid groups (broad SMARTS) is 1. The highest BCUT2D eigenvalue weighted by Crippen LogP contribution is 2.19. The van der Waals surface area contributed by atoms with E-state index in [4.69, 9.17) is 5.11 Å². The van der Waals surface area contributed by atoms with Crippen molar-refractivity contribution >= 4 is 5.97 Å². The van der Waals surface area contributed by atoms with Crippen LogP contribution in [0.15, 0.2) is 18.6 Å². The molecule has 6 heteroatoms. The highest BCUT2D eigenvalue weighted by Gasteiger charge is 2.17. The molecule has 0 aromatic carbocycles. The van der Waals surface area contributed by atoms with Gasteiger partial charge in [0.1, 0.15) is 0 Å². The molecule has 0 atom stereocenters. The fourth-order valence-electron chi connectivity index (χ4n) is 1.62. The molecule has 2 aromatic rings. The van der Waals surface area contributed by atoms with E-state index in [-0.39, 0.29) is 11.5 Å². The maximum atomic E-state index is 11.1. The number of carbonyl (C=O) groups is 1. The molecule has 19 heavy (non-hydrogen) atoms. The number of aryl methyl sites for hydroxylation is 1. The summed E-state index contributed by atoms with van der Waals surface area (Å²) in [5.41, 5.74) is 1.54. The van der Waals surface area contributed by atoms with E-state index in [0.29, 0.717) is 17.3 Å². The zero-order valence-corrected chi connectivity index (χ0v) is 11.0. The summed E-state index contributed by atoms with van der Waals surface area (Å²) in [6.45, 7) is 5.65. The molecule has 1 N–H and O–H groups in total. The van der Waals surface area contributed by atoms with Crippen LogP contribution in [0.3, 0.4) is 0 Å². The van der Waals surface area contributed by atoms with E-state index in [9.17, 15) is 4.79 Å². The van der Waals surface area contributed by atoms with Crippen LogP contribution in [0.2, 0.25) is 0 Å². The van der Waals surface area contributed by atoms with E-state index in [1.165, 1.54) is 6.20 Å². The van der Waals surface area contributed by atoms with Crippen LogP contribution < -0.4 is 0 Å². The molecule has 0 saturated heterocycles. The summed E-state index contributed by atoms with van der Waals surface area (Å²) in [5, 5.41) is 9.10. The molecule has 0 aliphatic rings. The second-order valence-electron chi connectivity index (χ2n) is 4.54. The van der Waals surface area contributed by atoms with Crippen molar-refractivity contribution in [1.29, 1.82) is 0 Å². The molecule has 0 radical (unpaired) electrons. The average Bonchev–Trinajstić information content (AvgIpc) is 2.38. The Labute approximate surface area is 110 Å². The van der Waals surface area contributed by atoms with Gasteiger partial charge < -0.3 is 5.11 Å². The predicted molar refractivity (Wildman–Crippen MR) is 68.8 cm³/mol. The summed E-state index contributed by atoms with van der Waals surface area (Å²) in [6, 6.07) is 0. The maximum absolute atomic E-state index is 11.1. The van der Waals surface area contributed by atoms with Crippen molar-refractivity contribution in [3.8, 4) is 11.6 Å². The van der Waals surface area contributed by atoms with Gasteiger partial charge >= 0.3 is 5.97 Å². The van der Waals surface area contributed by atoms with E-state index in [1.807, 2.05) is 20.8 Å². The number of aromatic nitrogens is 4. The van der Waals surface area contributed by atoms with Crippen molar-refractivity contribution in [3.63, 3.8) is 0 Å². The first-order chi connectivity index (χ1) is 8.99. The minimum absolute atomic E-state index is 0.0155. The van der Waals surface area contributed by atoms with Gasteiger partial charge in [0.05, 0.1) is 11.3 Å². The van der Waals surface area contributed by atoms with Crippen molar-refractivity contribution in [2.45, 2.75) is 26.7 Å². The molecule has 2 rings (SSSR count). The molecule has 0 aliphatic carbocycles. The molecule has 0 unspecified atom stereocenters. The van der Waals surface area contributed by atoms with Crippen LogP contribution in [-0.4, -0.2) is 31.0 Å². The average molecular weight is 258 g/mol. The fourth-order valence-corrected chi connectivity index (χ4v) is 1.62. The van der Waals surface area contributed by atoms with E-state index >= 15 is 0 Å². The van der Waals surface area contributed by atoms with Gasteiger partial charge in [0.25, 0.3) is 0 Å². The van der Waals surface area contributed by atoms with Gasteiger partial charge in [-0.2, -0.15) is 0 Å². The minimum Gasteiger partial charge on any atom is -0.478 e. The Hall–Kier alpha value is -2.37. The lowest BCUT2D eigenvalue weighted by Crippen LogP contribution is -2.09. The minimum atomic E-state index is -1.03. The molecule has 6 nitrogen and oxygen atoms in total. The quantitative estimate of drug-likeness (QED) is 0.906. The number of carboxylic acids is 1. The third-order valence-electron chi connectivity index (χ3n) is 2.58. The first kappa shape index (κ1) is 13.1. The first-order valence-corrected chi connectivity index (χ1v) is 5.88. The van der Waals surface area contributed by atoms with Crippen molar-refractivity contribution in [1.82, 2.24) is 19.9 Å². The molecule has 0 bridgehead atoms. The molecule has 0 fully saturated rings. The third-order valence-corrected chi connectivity index (χ3v) is 2.58. The van der Waals surface area contributed by atoms with Gasteiger partial charge in [-0.25, -0.2) is 24.7 Å². The van der Waals surface area contributed by atoms with Crippen LogP contribution in [0, 0.1) is 6.92 Å². The zero-order chi connectivity index (χ0) is 14.0. The zero-order valence-electron chi connectivity index (χ0n) is 11.0. The van der Waals surface area contributed by atoms with Crippen molar-refractivity contribution in [2.24, 2.45) is 0 Å². The van der Waals surface area contributed by atoms with Gasteiger partial charge in [-0.05, 0) is 18.4 Å². The lowest BCUT2D eigenvalue weighted by Gasteiger charge is -2.09. The molecule has 0 spiro atoms. The topological polar surface area (TPSA) is 88.9 Å². The number of nitrogens with zero attached hydrogens (tertiary/aromatic N) is 4. The van der Waals surface area contributed by atoms with Gasteiger partial charge in [0.15, 0.2) is 11.6 Å². The number of aromatic carboxylic acids is 1. The molecule has 0 saturated carbocycles. The Morgan fingerprint density at radius 1 is 1.11 bits per heavy atom. The second kappa shape index (κ2) is 5.09. The third kappa shape index (κ3) is 2.73. The van der Waals surface area contributed by atoms with Crippen LogP contribution in [0.25, 0.3) is 11.6 Å². The molecular weight excluding hydrogens is 244 g/mol. The van der Waals surface area contributed by atoms with Gasteiger partial charge in [-0.15, -0.1) is 0 Å². The lowest BCUT2D eigenvalue weighted by atomic mass is 10.1. The Bertz CT molecular complexity index is 609.